The molecular weight excluding hydrogens is 314 g/mol. The van der Waals surface area contributed by atoms with Gasteiger partial charge in [-0.25, -0.2) is 4.98 Å². The first kappa shape index (κ1) is 17.9. The number of hydrogen-bond acceptors (Lipinski definition) is 4. The molecule has 0 aromatic carbocycles. The zero-order valence-electron chi connectivity index (χ0n) is 15.4. The van der Waals surface area contributed by atoms with Crippen molar-refractivity contribution in [3.8, 4) is 6.07 Å². The average Bonchev–Trinajstić information content (AvgIpc) is 3.08. The van der Waals surface area contributed by atoms with Gasteiger partial charge in [-0.05, 0) is 46.1 Å². The van der Waals surface area contributed by atoms with Gasteiger partial charge in [0.2, 0.25) is 5.91 Å². The molecule has 2 heterocycles. The van der Waals surface area contributed by atoms with Crippen LogP contribution in [0.15, 0.2) is 12.4 Å². The van der Waals surface area contributed by atoms with Crippen molar-refractivity contribution in [1.82, 2.24) is 19.8 Å². The number of carbonyl (C=O) groups is 1. The van der Waals surface area contributed by atoms with Gasteiger partial charge in [-0.2, -0.15) is 5.26 Å². The Morgan fingerprint density at radius 2 is 2.16 bits per heavy atom. The maximum Gasteiger partial charge on any atom is 0.238 e. The van der Waals surface area contributed by atoms with E-state index < -0.39 is 5.54 Å². The number of aryl methyl sites for hydroxylation is 1. The van der Waals surface area contributed by atoms with Crippen molar-refractivity contribution in [2.75, 3.05) is 13.1 Å². The van der Waals surface area contributed by atoms with E-state index in [2.05, 4.69) is 25.8 Å². The number of piperidine rings is 1. The van der Waals surface area contributed by atoms with Gasteiger partial charge >= 0.3 is 0 Å². The summed E-state index contributed by atoms with van der Waals surface area (Å²) in [5.41, 5.74) is -0.653. The minimum Gasteiger partial charge on any atom is -0.336 e. The van der Waals surface area contributed by atoms with Gasteiger partial charge in [-0.3, -0.25) is 9.69 Å². The predicted molar refractivity (Wildman–Crippen MR) is 95.8 cm³/mol. The third-order valence-electron chi connectivity index (χ3n) is 5.89. The van der Waals surface area contributed by atoms with Crippen molar-refractivity contribution in [2.24, 2.45) is 0 Å². The molecule has 3 rings (SSSR count). The van der Waals surface area contributed by atoms with Gasteiger partial charge in [0, 0.05) is 25.0 Å². The quantitative estimate of drug-likeness (QED) is 0.912. The molecule has 1 saturated carbocycles. The molecule has 136 valence electrons. The lowest BCUT2D eigenvalue weighted by Crippen LogP contribution is -2.56. The number of hydrogen-bond donors (Lipinski definition) is 1. The summed E-state index contributed by atoms with van der Waals surface area (Å²) >= 11 is 0. The molecule has 2 fully saturated rings. The molecule has 2 aliphatic rings. The van der Waals surface area contributed by atoms with Gasteiger partial charge in [0.15, 0.2) is 0 Å². The summed E-state index contributed by atoms with van der Waals surface area (Å²) in [5.74, 6) is 1.01. The number of likely N-dealkylation sites (tertiary alicyclic amines) is 1. The maximum absolute atomic E-state index is 12.8. The number of nitrogens with zero attached hydrogens (tertiary/aromatic N) is 4. The standard InChI is InChI=1S/C19H29N5O/c1-15(18(25)22-19(14-20)8-4-3-5-9-19)23-11-6-7-17(13-23)24-12-10-21-16(24)2/h10,12,15,17H,3-9,11,13H2,1-2H3,(H,22,25)/t15-,17+/m0/s1. The lowest BCUT2D eigenvalue weighted by Gasteiger charge is -2.39. The molecule has 1 N–H and O–H groups in total. The van der Waals surface area contributed by atoms with Crippen LogP contribution in [0.2, 0.25) is 0 Å². The highest BCUT2D eigenvalue weighted by atomic mass is 16.2. The van der Waals surface area contributed by atoms with Crippen molar-refractivity contribution >= 4 is 5.91 Å². The van der Waals surface area contributed by atoms with Crippen molar-refractivity contribution < 1.29 is 4.79 Å². The number of nitriles is 1. The second-order valence-corrected chi connectivity index (χ2v) is 7.59. The van der Waals surface area contributed by atoms with E-state index in [1.54, 1.807) is 0 Å². The van der Waals surface area contributed by atoms with Crippen LogP contribution in [0.4, 0.5) is 0 Å². The second-order valence-electron chi connectivity index (χ2n) is 7.59. The van der Waals surface area contributed by atoms with Crippen LogP contribution in [0, 0.1) is 18.3 Å². The third-order valence-corrected chi connectivity index (χ3v) is 5.89. The molecule has 0 spiro atoms. The Hall–Kier alpha value is -1.87. The van der Waals surface area contributed by atoms with Crippen molar-refractivity contribution in [3.05, 3.63) is 18.2 Å². The summed E-state index contributed by atoms with van der Waals surface area (Å²) in [6.07, 6.45) is 10.8. The molecular formula is C19H29N5O. The Balaban J connectivity index is 1.63. The number of carbonyl (C=O) groups excluding carboxylic acids is 1. The van der Waals surface area contributed by atoms with Crippen LogP contribution in [0.1, 0.15) is 63.7 Å². The summed E-state index contributed by atoms with van der Waals surface area (Å²) in [4.78, 5) is 19.4. The fraction of sp³-hybridized carbons (Fsp3) is 0.737. The van der Waals surface area contributed by atoms with Crippen molar-refractivity contribution in [3.63, 3.8) is 0 Å². The van der Waals surface area contributed by atoms with Gasteiger partial charge in [-0.15, -0.1) is 0 Å². The first-order valence-corrected chi connectivity index (χ1v) is 9.51. The summed E-state index contributed by atoms with van der Waals surface area (Å²) in [6.45, 7) is 5.77. The van der Waals surface area contributed by atoms with Crippen LogP contribution in [-0.2, 0) is 4.79 Å². The lowest BCUT2D eigenvalue weighted by atomic mass is 9.82. The Kier molecular flexibility index (Phi) is 5.43. The molecule has 1 aliphatic carbocycles. The van der Waals surface area contributed by atoms with Gasteiger partial charge in [0.1, 0.15) is 11.4 Å². The normalized spacial score (nSPS) is 25.1. The first-order chi connectivity index (χ1) is 12.0. The van der Waals surface area contributed by atoms with Crippen LogP contribution in [0.5, 0.6) is 0 Å². The highest BCUT2D eigenvalue weighted by molar-refractivity contribution is 5.82. The van der Waals surface area contributed by atoms with Crippen LogP contribution < -0.4 is 5.32 Å². The minimum atomic E-state index is -0.653. The van der Waals surface area contributed by atoms with E-state index in [1.165, 1.54) is 0 Å². The van der Waals surface area contributed by atoms with E-state index >= 15 is 0 Å². The summed E-state index contributed by atoms with van der Waals surface area (Å²) in [7, 11) is 0. The Morgan fingerprint density at radius 3 is 2.80 bits per heavy atom. The van der Waals surface area contributed by atoms with E-state index in [1.807, 2.05) is 26.2 Å². The SMILES string of the molecule is Cc1nccn1[C@@H]1CCCN([C@@H](C)C(=O)NC2(C#N)CCCCC2)C1. The van der Waals surface area contributed by atoms with E-state index in [0.717, 1.165) is 63.9 Å². The van der Waals surface area contributed by atoms with Crippen LogP contribution in [0.25, 0.3) is 0 Å². The number of imidazole rings is 1. The Morgan fingerprint density at radius 1 is 1.40 bits per heavy atom. The maximum atomic E-state index is 12.8. The zero-order valence-corrected chi connectivity index (χ0v) is 15.4. The highest BCUT2D eigenvalue weighted by Crippen LogP contribution is 2.28. The molecule has 2 atom stereocenters. The fourth-order valence-corrected chi connectivity index (χ4v) is 4.26. The predicted octanol–water partition coefficient (Wildman–Crippen LogP) is 2.56. The molecule has 25 heavy (non-hydrogen) atoms. The molecule has 0 unspecified atom stereocenters. The minimum absolute atomic E-state index is 0.00791. The van der Waals surface area contributed by atoms with Crippen molar-refractivity contribution in [1.29, 1.82) is 5.26 Å². The molecule has 1 aromatic heterocycles. The first-order valence-electron chi connectivity index (χ1n) is 9.51. The van der Waals surface area contributed by atoms with E-state index in [0.29, 0.717) is 6.04 Å². The molecule has 0 radical (unpaired) electrons. The molecule has 1 aromatic rings. The van der Waals surface area contributed by atoms with E-state index in [9.17, 15) is 10.1 Å². The van der Waals surface area contributed by atoms with Crippen molar-refractivity contribution in [2.45, 2.75) is 76.4 Å². The van der Waals surface area contributed by atoms with E-state index in [-0.39, 0.29) is 11.9 Å². The molecule has 6 nitrogen and oxygen atoms in total. The summed E-state index contributed by atoms with van der Waals surface area (Å²) < 4.78 is 2.22. The molecule has 1 aliphatic heterocycles. The molecule has 6 heteroatoms. The molecule has 1 amide bonds. The number of amides is 1. The topological polar surface area (TPSA) is 74.0 Å². The fourth-order valence-electron chi connectivity index (χ4n) is 4.26. The van der Waals surface area contributed by atoms with E-state index in [4.69, 9.17) is 0 Å². The second kappa shape index (κ2) is 7.57. The Labute approximate surface area is 150 Å². The van der Waals surface area contributed by atoms with Crippen LogP contribution in [0.3, 0.4) is 0 Å². The summed E-state index contributed by atoms with van der Waals surface area (Å²) in [5, 5.41) is 12.7. The largest absolute Gasteiger partial charge is 0.336 e. The Bertz CT molecular complexity index is 640. The average molecular weight is 343 g/mol. The van der Waals surface area contributed by atoms with Gasteiger partial charge in [-0.1, -0.05) is 19.3 Å². The third kappa shape index (κ3) is 3.87. The zero-order chi connectivity index (χ0) is 17.9. The number of aromatic nitrogens is 2. The monoisotopic (exact) mass is 343 g/mol. The lowest BCUT2D eigenvalue weighted by molar-refractivity contribution is -0.128. The highest BCUT2D eigenvalue weighted by Gasteiger charge is 2.36. The smallest absolute Gasteiger partial charge is 0.238 e. The number of rotatable bonds is 4. The number of nitrogens with one attached hydrogen (secondary N) is 1. The van der Waals surface area contributed by atoms with Crippen LogP contribution in [-0.4, -0.2) is 45.0 Å². The molecule has 1 saturated heterocycles. The molecule has 0 bridgehead atoms. The van der Waals surface area contributed by atoms with Crippen LogP contribution >= 0.6 is 0 Å². The van der Waals surface area contributed by atoms with Gasteiger partial charge in [0.25, 0.3) is 0 Å². The van der Waals surface area contributed by atoms with Gasteiger partial charge in [0.05, 0.1) is 12.1 Å². The van der Waals surface area contributed by atoms with Gasteiger partial charge < -0.3 is 9.88 Å². The summed E-state index contributed by atoms with van der Waals surface area (Å²) in [6, 6.07) is 2.54.